The lowest BCUT2D eigenvalue weighted by molar-refractivity contribution is -0.157. The number of carbonyl (C=O) groups excluding carboxylic acids is 1. The molecule has 0 aliphatic carbocycles. The van der Waals surface area contributed by atoms with Crippen LogP contribution >= 0.6 is 11.8 Å². The van der Waals surface area contributed by atoms with Crippen molar-refractivity contribution in [2.45, 2.75) is 43.9 Å². The number of nitrogens with two attached hydrogens (primary N) is 1. The van der Waals surface area contributed by atoms with Gasteiger partial charge in [-0.1, -0.05) is 54.6 Å². The van der Waals surface area contributed by atoms with E-state index in [1.807, 2.05) is 61.5 Å². The SMILES string of the molecule is CCO[C@@H](Cc1ccc(OCCn2c(C)ccc2-c2ccc(SC)cc2)cc1)C(=O)OC[C@@H](N)c1ccccc1. The zero-order chi connectivity index (χ0) is 28.3. The van der Waals surface area contributed by atoms with Gasteiger partial charge in [-0.2, -0.15) is 0 Å². The summed E-state index contributed by atoms with van der Waals surface area (Å²) in [5.74, 6) is 0.373. The van der Waals surface area contributed by atoms with Gasteiger partial charge in [0.25, 0.3) is 0 Å². The molecule has 210 valence electrons. The number of aromatic nitrogens is 1. The molecule has 0 aliphatic heterocycles. The first kappa shape index (κ1) is 29.5. The number of hydrogen-bond donors (Lipinski definition) is 1. The number of benzene rings is 3. The molecule has 1 aromatic heterocycles. The topological polar surface area (TPSA) is 75.7 Å². The zero-order valence-electron chi connectivity index (χ0n) is 23.4. The van der Waals surface area contributed by atoms with Gasteiger partial charge in [0.15, 0.2) is 6.10 Å². The van der Waals surface area contributed by atoms with E-state index in [1.165, 1.54) is 21.8 Å². The molecule has 4 aromatic rings. The molecule has 4 rings (SSSR count). The van der Waals surface area contributed by atoms with Gasteiger partial charge in [0, 0.05) is 29.3 Å². The molecule has 1 heterocycles. The lowest BCUT2D eigenvalue weighted by Gasteiger charge is -2.18. The summed E-state index contributed by atoms with van der Waals surface area (Å²) < 4.78 is 19.6. The van der Waals surface area contributed by atoms with Gasteiger partial charge in [0.1, 0.15) is 19.0 Å². The predicted molar refractivity (Wildman–Crippen MR) is 162 cm³/mol. The summed E-state index contributed by atoms with van der Waals surface area (Å²) in [6, 6.07) is 29.9. The first-order valence-corrected chi connectivity index (χ1v) is 14.8. The fraction of sp³-hybridized carbons (Fsp3) is 0.303. The van der Waals surface area contributed by atoms with E-state index >= 15 is 0 Å². The van der Waals surface area contributed by atoms with E-state index in [0.717, 1.165) is 23.4 Å². The molecule has 2 N–H and O–H groups in total. The molecule has 0 amide bonds. The molecule has 0 saturated heterocycles. The highest BCUT2D eigenvalue weighted by Crippen LogP contribution is 2.25. The van der Waals surface area contributed by atoms with Crippen LogP contribution in [0.4, 0.5) is 0 Å². The van der Waals surface area contributed by atoms with E-state index in [4.69, 9.17) is 19.9 Å². The number of nitrogens with zero attached hydrogens (tertiary/aromatic N) is 1. The molecule has 0 fully saturated rings. The fourth-order valence-corrected chi connectivity index (χ4v) is 4.95. The van der Waals surface area contributed by atoms with Crippen molar-refractivity contribution in [3.8, 4) is 17.0 Å². The van der Waals surface area contributed by atoms with Crippen LogP contribution < -0.4 is 10.5 Å². The molecule has 6 nitrogen and oxygen atoms in total. The predicted octanol–water partition coefficient (Wildman–Crippen LogP) is 6.46. The van der Waals surface area contributed by atoms with Crippen molar-refractivity contribution in [2.75, 3.05) is 26.1 Å². The largest absolute Gasteiger partial charge is 0.492 e. The Bertz CT molecular complexity index is 1340. The quantitative estimate of drug-likeness (QED) is 0.142. The minimum Gasteiger partial charge on any atom is -0.492 e. The number of thioether (sulfide) groups is 1. The average Bonchev–Trinajstić information content (AvgIpc) is 3.36. The number of ether oxygens (including phenoxy) is 3. The van der Waals surface area contributed by atoms with E-state index in [2.05, 4.69) is 54.1 Å². The van der Waals surface area contributed by atoms with Crippen molar-refractivity contribution in [2.24, 2.45) is 5.73 Å². The van der Waals surface area contributed by atoms with Crippen LogP contribution in [0.5, 0.6) is 5.75 Å². The molecule has 3 aromatic carbocycles. The number of esters is 1. The Balaban J connectivity index is 1.29. The van der Waals surface area contributed by atoms with Gasteiger partial charge in [0.2, 0.25) is 0 Å². The first-order chi connectivity index (χ1) is 19.5. The summed E-state index contributed by atoms with van der Waals surface area (Å²) in [6.45, 7) is 5.77. The van der Waals surface area contributed by atoms with Gasteiger partial charge in [-0.25, -0.2) is 4.79 Å². The fourth-order valence-electron chi connectivity index (χ4n) is 4.54. The second-order valence-electron chi connectivity index (χ2n) is 9.53. The number of aryl methyl sites for hydroxylation is 1. The smallest absolute Gasteiger partial charge is 0.335 e. The van der Waals surface area contributed by atoms with E-state index in [9.17, 15) is 4.79 Å². The highest BCUT2D eigenvalue weighted by Gasteiger charge is 2.22. The van der Waals surface area contributed by atoms with Crippen molar-refractivity contribution in [3.63, 3.8) is 0 Å². The standard InChI is InChI=1S/C33H38N2O4S/c1-4-37-32(33(36)39-23-30(34)26-8-6-5-7-9-26)22-25-11-15-28(16-12-25)38-21-20-35-24(2)10-19-31(35)27-13-17-29(40-3)18-14-27/h5-19,30,32H,4,20-23,34H2,1-3H3/t30-,32+/m1/s1. The molecule has 2 atom stereocenters. The van der Waals surface area contributed by atoms with Crippen LogP contribution in [0.15, 0.2) is 95.9 Å². The second-order valence-corrected chi connectivity index (χ2v) is 10.4. The van der Waals surface area contributed by atoms with Crippen molar-refractivity contribution in [1.82, 2.24) is 4.57 Å². The molecule has 40 heavy (non-hydrogen) atoms. The highest BCUT2D eigenvalue weighted by atomic mass is 32.2. The molecular formula is C33H38N2O4S. The molecule has 0 unspecified atom stereocenters. The Morgan fingerprint density at radius 2 is 1.68 bits per heavy atom. The molecule has 0 radical (unpaired) electrons. The lowest BCUT2D eigenvalue weighted by Crippen LogP contribution is -2.31. The zero-order valence-corrected chi connectivity index (χ0v) is 24.2. The summed E-state index contributed by atoms with van der Waals surface area (Å²) in [4.78, 5) is 14.0. The van der Waals surface area contributed by atoms with Gasteiger partial charge < -0.3 is 24.5 Å². The maximum Gasteiger partial charge on any atom is 0.335 e. The molecule has 0 bridgehead atoms. The number of carbonyl (C=O) groups is 1. The Morgan fingerprint density at radius 1 is 0.950 bits per heavy atom. The van der Waals surface area contributed by atoms with Crippen LogP contribution in [0.2, 0.25) is 0 Å². The van der Waals surface area contributed by atoms with E-state index in [-0.39, 0.29) is 12.6 Å². The van der Waals surface area contributed by atoms with Crippen LogP contribution in [-0.2, 0) is 27.2 Å². The van der Waals surface area contributed by atoms with Gasteiger partial charge >= 0.3 is 5.97 Å². The van der Waals surface area contributed by atoms with E-state index in [1.54, 1.807) is 11.8 Å². The molecule has 0 aliphatic rings. The Labute approximate surface area is 241 Å². The Hall–Kier alpha value is -3.52. The van der Waals surface area contributed by atoms with Gasteiger partial charge in [0.05, 0.1) is 12.6 Å². The van der Waals surface area contributed by atoms with Crippen LogP contribution in [0, 0.1) is 6.92 Å². The van der Waals surface area contributed by atoms with Gasteiger partial charge in [-0.05, 0) is 73.2 Å². The van der Waals surface area contributed by atoms with Crippen molar-refractivity contribution in [1.29, 1.82) is 0 Å². The normalized spacial score (nSPS) is 12.6. The monoisotopic (exact) mass is 558 g/mol. The van der Waals surface area contributed by atoms with Crippen molar-refractivity contribution < 1.29 is 19.0 Å². The molecule has 0 saturated carbocycles. The summed E-state index contributed by atoms with van der Waals surface area (Å²) in [7, 11) is 0. The van der Waals surface area contributed by atoms with E-state index < -0.39 is 12.1 Å². The minimum absolute atomic E-state index is 0.102. The van der Waals surface area contributed by atoms with Crippen molar-refractivity contribution in [3.05, 3.63) is 108 Å². The van der Waals surface area contributed by atoms with E-state index in [0.29, 0.717) is 19.6 Å². The minimum atomic E-state index is -0.695. The molecule has 7 heteroatoms. The highest BCUT2D eigenvalue weighted by molar-refractivity contribution is 7.98. The summed E-state index contributed by atoms with van der Waals surface area (Å²) in [5, 5.41) is 0. The summed E-state index contributed by atoms with van der Waals surface area (Å²) in [5.41, 5.74) is 11.6. The van der Waals surface area contributed by atoms with Crippen LogP contribution in [0.25, 0.3) is 11.3 Å². The summed E-state index contributed by atoms with van der Waals surface area (Å²) >= 11 is 1.74. The summed E-state index contributed by atoms with van der Waals surface area (Å²) in [6.07, 6.45) is 1.80. The first-order valence-electron chi connectivity index (χ1n) is 13.6. The molecular weight excluding hydrogens is 520 g/mol. The Kier molecular flexibility index (Phi) is 10.9. The number of hydrogen-bond acceptors (Lipinski definition) is 6. The Morgan fingerprint density at radius 3 is 2.35 bits per heavy atom. The maximum absolute atomic E-state index is 12.8. The van der Waals surface area contributed by atoms with Crippen LogP contribution in [0.1, 0.15) is 29.8 Å². The van der Waals surface area contributed by atoms with Crippen LogP contribution in [-0.4, -0.2) is 42.7 Å². The molecule has 0 spiro atoms. The van der Waals surface area contributed by atoms with Gasteiger partial charge in [-0.3, -0.25) is 0 Å². The maximum atomic E-state index is 12.8. The van der Waals surface area contributed by atoms with Gasteiger partial charge in [-0.15, -0.1) is 11.8 Å². The lowest BCUT2D eigenvalue weighted by atomic mass is 10.1. The third-order valence-corrected chi connectivity index (χ3v) is 7.52. The average molecular weight is 559 g/mol. The third kappa shape index (κ3) is 8.01. The van der Waals surface area contributed by atoms with Crippen LogP contribution in [0.3, 0.4) is 0 Å². The van der Waals surface area contributed by atoms with Crippen molar-refractivity contribution >= 4 is 17.7 Å². The third-order valence-electron chi connectivity index (χ3n) is 6.78. The second kappa shape index (κ2) is 14.7. The number of rotatable bonds is 14.